The number of hydrogen-bond donors (Lipinski definition) is 1. The summed E-state index contributed by atoms with van der Waals surface area (Å²) in [5.41, 5.74) is 2.70. The highest BCUT2D eigenvalue weighted by Crippen LogP contribution is 2.21. The van der Waals surface area contributed by atoms with Gasteiger partial charge in [-0.05, 0) is 38.7 Å². The third-order valence-electron chi connectivity index (χ3n) is 3.76. The van der Waals surface area contributed by atoms with Crippen molar-refractivity contribution in [2.24, 2.45) is 5.92 Å². The van der Waals surface area contributed by atoms with E-state index in [-0.39, 0.29) is 0 Å². The fourth-order valence-corrected chi connectivity index (χ4v) is 2.43. The molecule has 2 heteroatoms. The van der Waals surface area contributed by atoms with E-state index in [2.05, 4.69) is 50.4 Å². The van der Waals surface area contributed by atoms with Gasteiger partial charge in [0.1, 0.15) is 0 Å². The Balaban J connectivity index is 1.86. The van der Waals surface area contributed by atoms with Gasteiger partial charge in [0, 0.05) is 19.2 Å². The molecule has 1 N–H and O–H groups in total. The monoisotopic (exact) mass is 233 g/mol. The van der Waals surface area contributed by atoms with Crippen molar-refractivity contribution in [3.8, 4) is 0 Å². The summed E-state index contributed by atoms with van der Waals surface area (Å²) in [6.07, 6.45) is 1.60. The van der Waals surface area contributed by atoms with Crippen LogP contribution in [0.2, 0.25) is 0 Å². The largest absolute Gasteiger partial charge is 0.378 e. The molecule has 3 unspecified atom stereocenters. The Morgan fingerprint density at radius 3 is 2.94 bits per heavy atom. The van der Waals surface area contributed by atoms with Crippen LogP contribution in [0.15, 0.2) is 24.3 Å². The molecule has 1 aliphatic heterocycles. The first kappa shape index (κ1) is 12.6. The minimum atomic E-state index is 0.409. The molecule has 0 amide bonds. The molecule has 0 bridgehead atoms. The van der Waals surface area contributed by atoms with E-state index in [4.69, 9.17) is 4.74 Å². The summed E-state index contributed by atoms with van der Waals surface area (Å²) in [6, 6.07) is 9.14. The highest BCUT2D eigenvalue weighted by molar-refractivity contribution is 5.24. The number of ether oxygens (including phenoxy) is 1. The van der Waals surface area contributed by atoms with Gasteiger partial charge in [0.15, 0.2) is 0 Å². The van der Waals surface area contributed by atoms with Crippen molar-refractivity contribution in [1.29, 1.82) is 0 Å². The first-order valence-electron chi connectivity index (χ1n) is 6.58. The van der Waals surface area contributed by atoms with Crippen LogP contribution in [0.3, 0.4) is 0 Å². The van der Waals surface area contributed by atoms with Gasteiger partial charge in [0.25, 0.3) is 0 Å². The zero-order valence-corrected chi connectivity index (χ0v) is 11.1. The molecule has 0 aromatic heterocycles. The van der Waals surface area contributed by atoms with Crippen molar-refractivity contribution in [3.63, 3.8) is 0 Å². The van der Waals surface area contributed by atoms with Crippen LogP contribution in [-0.4, -0.2) is 19.3 Å². The highest BCUT2D eigenvalue weighted by Gasteiger charge is 2.24. The van der Waals surface area contributed by atoms with Crippen LogP contribution in [-0.2, 0) is 4.74 Å². The molecule has 1 fully saturated rings. The molecule has 17 heavy (non-hydrogen) atoms. The highest BCUT2D eigenvalue weighted by atomic mass is 16.5. The molecule has 94 valence electrons. The van der Waals surface area contributed by atoms with Gasteiger partial charge in [0.05, 0.1) is 6.10 Å². The van der Waals surface area contributed by atoms with Crippen molar-refractivity contribution in [2.75, 3.05) is 13.2 Å². The Hall–Kier alpha value is -0.860. The van der Waals surface area contributed by atoms with Crippen molar-refractivity contribution < 1.29 is 4.74 Å². The minimum absolute atomic E-state index is 0.409. The third-order valence-corrected chi connectivity index (χ3v) is 3.76. The number of hydrogen-bond acceptors (Lipinski definition) is 2. The first-order chi connectivity index (χ1) is 8.16. The minimum Gasteiger partial charge on any atom is -0.378 e. The van der Waals surface area contributed by atoms with E-state index in [1.807, 2.05) is 0 Å². The predicted molar refractivity (Wildman–Crippen MR) is 71.1 cm³/mol. The summed E-state index contributed by atoms with van der Waals surface area (Å²) in [6.45, 7) is 8.53. The normalized spacial score (nSPS) is 26.1. The molecular weight excluding hydrogens is 210 g/mol. The van der Waals surface area contributed by atoms with Gasteiger partial charge in [-0.15, -0.1) is 0 Å². The van der Waals surface area contributed by atoms with Gasteiger partial charge < -0.3 is 10.1 Å². The lowest BCUT2D eigenvalue weighted by molar-refractivity contribution is 0.105. The zero-order chi connectivity index (χ0) is 12.3. The molecule has 0 radical (unpaired) electrons. The van der Waals surface area contributed by atoms with E-state index < -0.39 is 0 Å². The SMILES string of the molecule is Cc1cccc(C(C)NCC2CCOC2C)c1. The fourth-order valence-electron chi connectivity index (χ4n) is 2.43. The van der Waals surface area contributed by atoms with Crippen molar-refractivity contribution in [3.05, 3.63) is 35.4 Å². The number of rotatable bonds is 4. The van der Waals surface area contributed by atoms with E-state index in [0.717, 1.165) is 13.2 Å². The molecule has 1 heterocycles. The molecule has 1 aromatic rings. The van der Waals surface area contributed by atoms with Gasteiger partial charge in [-0.2, -0.15) is 0 Å². The summed E-state index contributed by atoms with van der Waals surface area (Å²) in [5, 5.41) is 3.62. The first-order valence-corrected chi connectivity index (χ1v) is 6.58. The topological polar surface area (TPSA) is 21.3 Å². The van der Waals surface area contributed by atoms with Crippen LogP contribution in [0.4, 0.5) is 0 Å². The average Bonchev–Trinajstić information content (AvgIpc) is 2.72. The zero-order valence-electron chi connectivity index (χ0n) is 11.1. The average molecular weight is 233 g/mol. The van der Waals surface area contributed by atoms with Crippen LogP contribution >= 0.6 is 0 Å². The maximum absolute atomic E-state index is 5.58. The van der Waals surface area contributed by atoms with Gasteiger partial charge in [-0.25, -0.2) is 0 Å². The van der Waals surface area contributed by atoms with E-state index in [9.17, 15) is 0 Å². The maximum Gasteiger partial charge on any atom is 0.0588 e. The molecule has 3 atom stereocenters. The standard InChI is InChI=1S/C15H23NO/c1-11-5-4-6-14(9-11)12(2)16-10-15-7-8-17-13(15)3/h4-6,9,12-13,15-16H,7-8,10H2,1-3H3. The second-order valence-electron chi connectivity index (χ2n) is 5.17. The van der Waals surface area contributed by atoms with E-state index in [1.54, 1.807) is 0 Å². The lowest BCUT2D eigenvalue weighted by Gasteiger charge is -2.19. The van der Waals surface area contributed by atoms with Crippen molar-refractivity contribution >= 4 is 0 Å². The lowest BCUT2D eigenvalue weighted by atomic mass is 10.0. The van der Waals surface area contributed by atoms with Crippen LogP contribution < -0.4 is 5.32 Å². The second kappa shape index (κ2) is 5.65. The number of aryl methyl sites for hydroxylation is 1. The molecule has 1 saturated heterocycles. The molecular formula is C15H23NO. The van der Waals surface area contributed by atoms with Gasteiger partial charge in [-0.1, -0.05) is 29.8 Å². The molecule has 0 spiro atoms. The summed E-state index contributed by atoms with van der Waals surface area (Å²) in [5.74, 6) is 0.669. The number of nitrogens with one attached hydrogen (secondary N) is 1. The molecule has 1 aromatic carbocycles. The molecule has 1 aliphatic rings. The molecule has 0 saturated carbocycles. The molecule has 2 rings (SSSR count). The van der Waals surface area contributed by atoms with Crippen molar-refractivity contribution in [2.45, 2.75) is 39.3 Å². The van der Waals surface area contributed by atoms with Gasteiger partial charge in [0.2, 0.25) is 0 Å². The summed E-state index contributed by atoms with van der Waals surface area (Å²) in [4.78, 5) is 0. The van der Waals surface area contributed by atoms with Crippen LogP contribution in [0.5, 0.6) is 0 Å². The summed E-state index contributed by atoms with van der Waals surface area (Å²) in [7, 11) is 0. The Labute approximate surface area is 104 Å². The molecule has 0 aliphatic carbocycles. The fraction of sp³-hybridized carbons (Fsp3) is 0.600. The van der Waals surface area contributed by atoms with Crippen LogP contribution in [0.1, 0.15) is 37.4 Å². The van der Waals surface area contributed by atoms with Gasteiger partial charge >= 0.3 is 0 Å². The third kappa shape index (κ3) is 3.30. The maximum atomic E-state index is 5.58. The lowest BCUT2D eigenvalue weighted by Crippen LogP contribution is -2.29. The van der Waals surface area contributed by atoms with E-state index >= 15 is 0 Å². The van der Waals surface area contributed by atoms with E-state index in [1.165, 1.54) is 17.5 Å². The molecule has 2 nitrogen and oxygen atoms in total. The summed E-state index contributed by atoms with van der Waals surface area (Å²) >= 11 is 0. The van der Waals surface area contributed by atoms with Crippen LogP contribution in [0.25, 0.3) is 0 Å². The summed E-state index contributed by atoms with van der Waals surface area (Å²) < 4.78 is 5.58. The smallest absolute Gasteiger partial charge is 0.0588 e. The van der Waals surface area contributed by atoms with Gasteiger partial charge in [-0.3, -0.25) is 0 Å². The van der Waals surface area contributed by atoms with E-state index in [0.29, 0.717) is 18.1 Å². The quantitative estimate of drug-likeness (QED) is 0.863. The second-order valence-corrected chi connectivity index (χ2v) is 5.17. The number of benzene rings is 1. The van der Waals surface area contributed by atoms with Crippen LogP contribution in [0, 0.1) is 12.8 Å². The Kier molecular flexibility index (Phi) is 4.19. The van der Waals surface area contributed by atoms with Crippen molar-refractivity contribution in [1.82, 2.24) is 5.32 Å². The Bertz CT molecular complexity index is 364. The Morgan fingerprint density at radius 2 is 2.29 bits per heavy atom. The Morgan fingerprint density at radius 1 is 1.47 bits per heavy atom. The predicted octanol–water partition coefficient (Wildman–Crippen LogP) is 3.07.